The number of aromatic nitrogens is 3. The monoisotopic (exact) mass is 380 g/mol. The molecule has 0 aliphatic carbocycles. The lowest BCUT2D eigenvalue weighted by molar-refractivity contribution is -0.670. The van der Waals surface area contributed by atoms with Crippen molar-refractivity contribution in [2.75, 3.05) is 31.1 Å². The minimum absolute atomic E-state index is 0.222. The highest BCUT2D eigenvalue weighted by Crippen LogP contribution is 2.21. The molecule has 1 saturated heterocycles. The number of carbonyl (C=O) groups is 1. The van der Waals surface area contributed by atoms with Gasteiger partial charge in [-0.15, -0.1) is 0 Å². The van der Waals surface area contributed by atoms with Crippen molar-refractivity contribution in [3.8, 4) is 0 Å². The van der Waals surface area contributed by atoms with Crippen LogP contribution >= 0.6 is 11.6 Å². The van der Waals surface area contributed by atoms with Crippen LogP contribution in [0.1, 0.15) is 20.8 Å². The molecule has 0 bridgehead atoms. The number of piperazine rings is 1. The van der Waals surface area contributed by atoms with Gasteiger partial charge in [0, 0.05) is 26.2 Å². The summed E-state index contributed by atoms with van der Waals surface area (Å²) < 4.78 is 7.09. The van der Waals surface area contributed by atoms with Crippen LogP contribution in [-0.4, -0.2) is 52.7 Å². The fourth-order valence-electron chi connectivity index (χ4n) is 2.84. The van der Waals surface area contributed by atoms with Gasteiger partial charge in [-0.2, -0.15) is 0 Å². The second-order valence-corrected chi connectivity index (χ2v) is 7.70. The van der Waals surface area contributed by atoms with E-state index in [1.54, 1.807) is 28.9 Å². The molecule has 1 aliphatic rings. The van der Waals surface area contributed by atoms with Crippen LogP contribution in [0.4, 0.5) is 10.5 Å². The molecule has 2 aromatic rings. The van der Waals surface area contributed by atoms with Gasteiger partial charge in [-0.3, -0.25) is 9.78 Å². The van der Waals surface area contributed by atoms with Crippen molar-refractivity contribution >= 4 is 34.4 Å². The zero-order chi connectivity index (χ0) is 19.1. The second-order valence-electron chi connectivity index (χ2n) is 7.35. The number of hydrogen-bond donors (Lipinski definition) is 1. The molecule has 3 heterocycles. The molecule has 140 valence electrons. The van der Waals surface area contributed by atoms with Crippen LogP contribution in [0.2, 0.25) is 5.15 Å². The molecule has 2 aromatic heterocycles. The van der Waals surface area contributed by atoms with E-state index in [0.717, 1.165) is 0 Å². The lowest BCUT2D eigenvalue weighted by Gasteiger charge is -2.36. The van der Waals surface area contributed by atoms with Gasteiger partial charge in [0.25, 0.3) is 17.5 Å². The van der Waals surface area contributed by atoms with E-state index in [0.29, 0.717) is 48.1 Å². The van der Waals surface area contributed by atoms with Crippen molar-refractivity contribution in [1.29, 1.82) is 0 Å². The lowest BCUT2D eigenvalue weighted by Crippen LogP contribution is -2.51. The molecule has 0 radical (unpaired) electrons. The molecule has 9 heteroatoms. The van der Waals surface area contributed by atoms with Gasteiger partial charge in [-0.25, -0.2) is 9.36 Å². The fourth-order valence-corrected chi connectivity index (χ4v) is 3.03. The number of ether oxygens (including phenoxy) is 1. The molecule has 0 atom stereocenters. The Kier molecular flexibility index (Phi) is 4.79. The maximum atomic E-state index is 12.4. The zero-order valence-corrected chi connectivity index (χ0v) is 16.1. The first kappa shape index (κ1) is 18.4. The van der Waals surface area contributed by atoms with Crippen LogP contribution in [-0.2, 0) is 11.8 Å². The Morgan fingerprint density at radius 2 is 1.96 bits per heavy atom. The maximum Gasteiger partial charge on any atom is 0.410 e. The average Bonchev–Trinajstić information content (AvgIpc) is 2.57. The van der Waals surface area contributed by atoms with Crippen molar-refractivity contribution in [3.05, 3.63) is 27.9 Å². The highest BCUT2D eigenvalue weighted by atomic mass is 35.5. The molecule has 1 aliphatic heterocycles. The van der Waals surface area contributed by atoms with E-state index in [1.165, 1.54) is 0 Å². The second kappa shape index (κ2) is 6.75. The molecular weight excluding hydrogens is 358 g/mol. The quantitative estimate of drug-likeness (QED) is 0.598. The average molecular weight is 381 g/mol. The molecule has 0 unspecified atom stereocenters. The number of halogens is 1. The third-order valence-corrected chi connectivity index (χ3v) is 4.63. The lowest BCUT2D eigenvalue weighted by atomic mass is 10.2. The van der Waals surface area contributed by atoms with Crippen molar-refractivity contribution < 1.29 is 14.1 Å². The molecule has 0 saturated carbocycles. The number of pyridine rings is 1. The van der Waals surface area contributed by atoms with Crippen molar-refractivity contribution in [3.63, 3.8) is 0 Å². The number of anilines is 1. The van der Waals surface area contributed by atoms with E-state index in [-0.39, 0.29) is 11.7 Å². The summed E-state index contributed by atoms with van der Waals surface area (Å²) in [5, 5.41) is 1.18. The first-order chi connectivity index (χ1) is 12.2. The van der Waals surface area contributed by atoms with Gasteiger partial charge in [0.2, 0.25) is 5.15 Å². The van der Waals surface area contributed by atoms with Crippen LogP contribution in [0.25, 0.3) is 11.0 Å². The summed E-state index contributed by atoms with van der Waals surface area (Å²) in [5.74, 6) is 0. The third kappa shape index (κ3) is 3.75. The predicted molar refractivity (Wildman–Crippen MR) is 98.6 cm³/mol. The number of rotatable bonds is 1. The summed E-state index contributed by atoms with van der Waals surface area (Å²) >= 11 is 6.33. The van der Waals surface area contributed by atoms with E-state index < -0.39 is 5.60 Å². The molecule has 0 aromatic carbocycles. The Balaban J connectivity index is 1.79. The number of aryl methyl sites for hydroxylation is 1. The molecule has 0 spiro atoms. The van der Waals surface area contributed by atoms with Gasteiger partial charge >= 0.3 is 6.09 Å². The van der Waals surface area contributed by atoms with Crippen molar-refractivity contribution in [2.45, 2.75) is 26.4 Å². The highest BCUT2D eigenvalue weighted by Gasteiger charge is 2.27. The first-order valence-electron chi connectivity index (χ1n) is 8.46. The predicted octanol–water partition coefficient (Wildman–Crippen LogP) is 1.46. The summed E-state index contributed by atoms with van der Waals surface area (Å²) in [5.41, 5.74) is 0.231. The summed E-state index contributed by atoms with van der Waals surface area (Å²) in [6, 6.07) is 1.76. The van der Waals surface area contributed by atoms with Crippen LogP contribution in [0.3, 0.4) is 0 Å². The van der Waals surface area contributed by atoms with Gasteiger partial charge in [0.1, 0.15) is 16.7 Å². The summed E-state index contributed by atoms with van der Waals surface area (Å²) in [7, 11) is 1.79. The zero-order valence-electron chi connectivity index (χ0n) is 15.4. The summed E-state index contributed by atoms with van der Waals surface area (Å²) in [4.78, 5) is 35.2. The topological polar surface area (TPSA) is 82.4 Å². The standard InChI is InChI=1S/C17H22ClN5O3/c1-17(2,3)26-16(25)23-7-5-22(6-8-23)12-9-11-13(18)21(4)10-19-14(11)20-15(12)24/h9-10H,5-8H2,1-4H3/p+1. The Bertz CT molecular complexity index is 898. The summed E-state index contributed by atoms with van der Waals surface area (Å²) in [6.07, 6.45) is 1.23. The number of hydrogen-bond acceptors (Lipinski definition) is 5. The number of H-pyrrole nitrogens is 1. The van der Waals surface area contributed by atoms with E-state index in [9.17, 15) is 9.59 Å². The van der Waals surface area contributed by atoms with Crippen LogP contribution < -0.4 is 15.0 Å². The number of fused-ring (bicyclic) bond motifs is 1. The van der Waals surface area contributed by atoms with Gasteiger partial charge < -0.3 is 14.5 Å². The number of nitrogens with one attached hydrogen (secondary N) is 1. The van der Waals surface area contributed by atoms with Gasteiger partial charge in [0.15, 0.2) is 0 Å². The minimum Gasteiger partial charge on any atom is -0.444 e. The smallest absolute Gasteiger partial charge is 0.410 e. The maximum absolute atomic E-state index is 12.4. The number of aromatic amines is 1. The molecule has 3 rings (SSSR count). The molecule has 1 fully saturated rings. The normalized spacial score (nSPS) is 15.4. The molecule has 26 heavy (non-hydrogen) atoms. The molecule has 1 amide bonds. The highest BCUT2D eigenvalue weighted by molar-refractivity contribution is 6.32. The van der Waals surface area contributed by atoms with E-state index in [4.69, 9.17) is 16.3 Å². The Morgan fingerprint density at radius 1 is 1.31 bits per heavy atom. The van der Waals surface area contributed by atoms with Gasteiger partial charge in [-0.1, -0.05) is 0 Å². The minimum atomic E-state index is -0.525. The molecular formula is C17H23ClN5O3+. The molecule has 8 nitrogen and oxygen atoms in total. The SMILES string of the molecule is C[n+]1cnc2[nH]c(=O)c(N3CCN(C(=O)OC(C)(C)C)CC3)cc2c1Cl. The van der Waals surface area contributed by atoms with E-state index >= 15 is 0 Å². The van der Waals surface area contributed by atoms with E-state index in [2.05, 4.69) is 9.97 Å². The summed E-state index contributed by atoms with van der Waals surface area (Å²) in [6.45, 7) is 7.58. The Labute approximate surface area is 156 Å². The number of nitrogens with zero attached hydrogens (tertiary/aromatic N) is 4. The van der Waals surface area contributed by atoms with Crippen LogP contribution in [0.15, 0.2) is 17.2 Å². The van der Waals surface area contributed by atoms with Gasteiger partial charge in [0.05, 0.1) is 7.05 Å². The van der Waals surface area contributed by atoms with E-state index in [1.807, 2.05) is 25.7 Å². The largest absolute Gasteiger partial charge is 0.444 e. The Hall–Kier alpha value is -2.35. The van der Waals surface area contributed by atoms with Crippen molar-refractivity contribution in [1.82, 2.24) is 14.9 Å². The molecule has 1 N–H and O–H groups in total. The Morgan fingerprint density at radius 3 is 2.58 bits per heavy atom. The number of amides is 1. The number of carbonyl (C=O) groups excluding carboxylic acids is 1. The van der Waals surface area contributed by atoms with Gasteiger partial charge in [-0.05, 0) is 43.4 Å². The van der Waals surface area contributed by atoms with Crippen LogP contribution in [0, 0.1) is 0 Å². The third-order valence-electron chi connectivity index (χ3n) is 4.16. The fraction of sp³-hybridized carbons (Fsp3) is 0.529. The first-order valence-corrected chi connectivity index (χ1v) is 8.83. The van der Waals surface area contributed by atoms with Crippen LogP contribution in [0.5, 0.6) is 0 Å². The van der Waals surface area contributed by atoms with Crippen molar-refractivity contribution in [2.24, 2.45) is 7.05 Å².